The third-order valence-corrected chi connectivity index (χ3v) is 3.86. The molecule has 0 saturated heterocycles. The van der Waals surface area contributed by atoms with Crippen LogP contribution in [0.4, 0.5) is 4.79 Å². The van der Waals surface area contributed by atoms with E-state index >= 15 is 0 Å². The maximum absolute atomic E-state index is 11.2. The summed E-state index contributed by atoms with van der Waals surface area (Å²) in [5.41, 5.74) is 13.1. The average Bonchev–Trinajstić information content (AvgIpc) is 2.69. The van der Waals surface area contributed by atoms with E-state index in [-0.39, 0.29) is 6.03 Å². The maximum Gasteiger partial charge on any atom is 0.314 e. The Labute approximate surface area is 185 Å². The highest BCUT2D eigenvalue weighted by Crippen LogP contribution is 1.98. The summed E-state index contributed by atoms with van der Waals surface area (Å²) >= 11 is 0. The van der Waals surface area contributed by atoms with Crippen LogP contribution >= 0.6 is 0 Å². The third-order valence-electron chi connectivity index (χ3n) is 3.86. The highest BCUT2D eigenvalue weighted by Gasteiger charge is 1.99. The molecule has 0 heterocycles. The second-order valence-electron chi connectivity index (χ2n) is 7.86. The number of urea groups is 1. The SMILES string of the molecule is C=CCCCCN.C=CCCCCNC(=O)NCCC(C)C.CC(C)CCN=[N+]=[N-]. The fourth-order valence-corrected chi connectivity index (χ4v) is 1.95. The highest BCUT2D eigenvalue weighted by atomic mass is 16.2. The van der Waals surface area contributed by atoms with Gasteiger partial charge in [0.05, 0.1) is 0 Å². The van der Waals surface area contributed by atoms with Gasteiger partial charge >= 0.3 is 6.03 Å². The number of hydrogen-bond acceptors (Lipinski definition) is 3. The number of carbonyl (C=O) groups is 1. The largest absolute Gasteiger partial charge is 0.338 e. The van der Waals surface area contributed by atoms with Gasteiger partial charge in [-0.3, -0.25) is 0 Å². The molecule has 0 aromatic carbocycles. The van der Waals surface area contributed by atoms with Gasteiger partial charge in [-0.05, 0) is 75.3 Å². The van der Waals surface area contributed by atoms with Crippen molar-refractivity contribution in [3.8, 4) is 0 Å². The molecule has 0 aromatic rings. The molecule has 0 aliphatic heterocycles. The van der Waals surface area contributed by atoms with E-state index in [9.17, 15) is 4.79 Å². The number of nitrogens with one attached hydrogen (secondary N) is 2. The number of amides is 2. The molecule has 176 valence electrons. The molecule has 4 N–H and O–H groups in total. The van der Waals surface area contributed by atoms with Crippen molar-refractivity contribution in [2.45, 2.75) is 79.1 Å². The number of allylic oxidation sites excluding steroid dienone is 2. The minimum atomic E-state index is -0.0470. The van der Waals surface area contributed by atoms with Gasteiger partial charge < -0.3 is 16.4 Å². The van der Waals surface area contributed by atoms with Crippen molar-refractivity contribution in [1.82, 2.24) is 10.6 Å². The number of carbonyl (C=O) groups excluding carboxylic acids is 1. The number of nitrogens with two attached hydrogens (primary N) is 1. The van der Waals surface area contributed by atoms with E-state index in [2.05, 4.69) is 61.5 Å². The Hall–Kier alpha value is -1.98. The standard InChI is InChI=1S/C12H24N2O.C6H13N.C5H11N3/c1-4-5-6-7-9-13-12(15)14-10-8-11(2)3;1-2-3-4-5-6-7;1-5(2)3-4-7-8-6/h4,11H,1,5-10H2,2-3H3,(H2,13,14,15);2H,1,3-7H2;5H,3-4H2,1-2H3. The Morgan fingerprint density at radius 1 is 0.967 bits per heavy atom. The van der Waals surface area contributed by atoms with E-state index in [1.54, 1.807) is 0 Å². The zero-order chi connectivity index (χ0) is 23.5. The summed E-state index contributed by atoms with van der Waals surface area (Å²) in [6.45, 7) is 18.7. The average molecular weight is 425 g/mol. The van der Waals surface area contributed by atoms with Gasteiger partial charge in [-0.2, -0.15) is 0 Å². The fourth-order valence-electron chi connectivity index (χ4n) is 1.95. The number of unbranched alkanes of at least 4 members (excludes halogenated alkanes) is 4. The summed E-state index contributed by atoms with van der Waals surface area (Å²) in [6.07, 6.45) is 12.4. The monoisotopic (exact) mass is 424 g/mol. The van der Waals surface area contributed by atoms with Crippen molar-refractivity contribution in [2.75, 3.05) is 26.2 Å². The summed E-state index contributed by atoms with van der Waals surface area (Å²) in [7, 11) is 0. The lowest BCUT2D eigenvalue weighted by atomic mass is 10.1. The summed E-state index contributed by atoms with van der Waals surface area (Å²) in [5.74, 6) is 1.28. The first-order valence-corrected chi connectivity index (χ1v) is 11.3. The molecule has 0 atom stereocenters. The lowest BCUT2D eigenvalue weighted by Crippen LogP contribution is -2.36. The first kappa shape index (κ1) is 32.7. The van der Waals surface area contributed by atoms with E-state index in [0.29, 0.717) is 18.4 Å². The Bertz CT molecular complexity index is 431. The van der Waals surface area contributed by atoms with Gasteiger partial charge in [-0.25, -0.2) is 4.79 Å². The zero-order valence-electron chi connectivity index (χ0n) is 20.0. The van der Waals surface area contributed by atoms with Gasteiger partial charge in [-0.15, -0.1) is 13.2 Å². The first-order chi connectivity index (χ1) is 14.3. The van der Waals surface area contributed by atoms with E-state index in [1.165, 1.54) is 6.42 Å². The number of hydrogen-bond donors (Lipinski definition) is 3. The molecular formula is C23H48N6O. The van der Waals surface area contributed by atoms with E-state index in [1.807, 2.05) is 12.2 Å². The molecule has 30 heavy (non-hydrogen) atoms. The van der Waals surface area contributed by atoms with E-state index < -0.39 is 0 Å². The van der Waals surface area contributed by atoms with Crippen LogP contribution in [0.25, 0.3) is 10.4 Å². The van der Waals surface area contributed by atoms with Crippen LogP contribution in [-0.4, -0.2) is 32.2 Å². The molecule has 0 unspecified atom stereocenters. The number of nitrogens with zero attached hydrogens (tertiary/aromatic N) is 3. The second-order valence-corrected chi connectivity index (χ2v) is 7.86. The zero-order valence-corrected chi connectivity index (χ0v) is 20.0. The normalized spacial score (nSPS) is 9.43. The molecule has 0 spiro atoms. The van der Waals surface area contributed by atoms with Gasteiger partial charge in [-0.1, -0.05) is 45.0 Å². The van der Waals surface area contributed by atoms with Gasteiger partial charge in [0, 0.05) is 24.5 Å². The molecule has 7 heteroatoms. The van der Waals surface area contributed by atoms with Crippen LogP contribution in [0.1, 0.15) is 79.1 Å². The first-order valence-electron chi connectivity index (χ1n) is 11.3. The Morgan fingerprint density at radius 3 is 1.97 bits per heavy atom. The minimum Gasteiger partial charge on any atom is -0.338 e. The van der Waals surface area contributed by atoms with Crippen molar-refractivity contribution in [2.24, 2.45) is 22.7 Å². The van der Waals surface area contributed by atoms with Crippen molar-refractivity contribution in [3.05, 3.63) is 35.8 Å². The summed E-state index contributed by atoms with van der Waals surface area (Å²) in [6, 6.07) is -0.0470. The van der Waals surface area contributed by atoms with Crippen LogP contribution < -0.4 is 16.4 Å². The maximum atomic E-state index is 11.2. The fraction of sp³-hybridized carbons (Fsp3) is 0.783. The van der Waals surface area contributed by atoms with Crippen LogP contribution in [0, 0.1) is 11.8 Å². The van der Waals surface area contributed by atoms with Crippen LogP contribution in [0.3, 0.4) is 0 Å². The van der Waals surface area contributed by atoms with Gasteiger partial charge in [0.25, 0.3) is 0 Å². The van der Waals surface area contributed by atoms with Gasteiger partial charge in [0.1, 0.15) is 0 Å². The minimum absolute atomic E-state index is 0.0470. The number of azide groups is 1. The molecule has 0 aliphatic carbocycles. The van der Waals surface area contributed by atoms with Crippen LogP contribution in [0.15, 0.2) is 30.4 Å². The topological polar surface area (TPSA) is 116 Å². The lowest BCUT2D eigenvalue weighted by Gasteiger charge is -2.08. The van der Waals surface area contributed by atoms with Gasteiger partial charge in [0.2, 0.25) is 0 Å². The molecule has 0 radical (unpaired) electrons. The molecule has 2 amide bonds. The molecule has 0 rings (SSSR count). The van der Waals surface area contributed by atoms with Crippen molar-refractivity contribution < 1.29 is 4.79 Å². The van der Waals surface area contributed by atoms with Crippen LogP contribution in [0.2, 0.25) is 0 Å². The molecule has 0 saturated carbocycles. The molecule has 7 nitrogen and oxygen atoms in total. The predicted molar refractivity (Wildman–Crippen MR) is 131 cm³/mol. The molecule has 0 bridgehead atoms. The summed E-state index contributed by atoms with van der Waals surface area (Å²) in [5, 5.41) is 9.06. The highest BCUT2D eigenvalue weighted by molar-refractivity contribution is 5.73. The smallest absolute Gasteiger partial charge is 0.314 e. The molecule has 0 aromatic heterocycles. The number of rotatable bonds is 15. The predicted octanol–water partition coefficient (Wildman–Crippen LogP) is 6.33. The van der Waals surface area contributed by atoms with Crippen molar-refractivity contribution in [3.63, 3.8) is 0 Å². The van der Waals surface area contributed by atoms with Gasteiger partial charge in [0.15, 0.2) is 0 Å². The Balaban J connectivity index is -0.000000408. The Kier molecular flexibility index (Phi) is 31.8. The van der Waals surface area contributed by atoms with Crippen molar-refractivity contribution >= 4 is 6.03 Å². The molecule has 0 fully saturated rings. The summed E-state index contributed by atoms with van der Waals surface area (Å²) < 4.78 is 0. The van der Waals surface area contributed by atoms with E-state index in [0.717, 1.165) is 64.6 Å². The quantitative estimate of drug-likeness (QED) is 0.0936. The van der Waals surface area contributed by atoms with E-state index in [4.69, 9.17) is 11.3 Å². The lowest BCUT2D eigenvalue weighted by molar-refractivity contribution is 0.240. The Morgan fingerprint density at radius 2 is 1.50 bits per heavy atom. The van der Waals surface area contributed by atoms with Crippen molar-refractivity contribution in [1.29, 1.82) is 0 Å². The van der Waals surface area contributed by atoms with Crippen LogP contribution in [0.5, 0.6) is 0 Å². The van der Waals surface area contributed by atoms with Crippen LogP contribution in [-0.2, 0) is 0 Å². The molecule has 0 aliphatic rings. The summed E-state index contributed by atoms with van der Waals surface area (Å²) in [4.78, 5) is 13.8. The third kappa shape index (κ3) is 40.6. The molecular weight excluding hydrogens is 376 g/mol. The second kappa shape index (κ2) is 29.2.